The van der Waals surface area contributed by atoms with Crippen LogP contribution in [0, 0.1) is 10.1 Å². The van der Waals surface area contributed by atoms with E-state index in [4.69, 9.17) is 4.74 Å². The number of nitrogens with one attached hydrogen (secondary N) is 1. The molecule has 1 fully saturated rings. The molecule has 162 valence electrons. The van der Waals surface area contributed by atoms with Gasteiger partial charge in [0.05, 0.1) is 4.92 Å². The summed E-state index contributed by atoms with van der Waals surface area (Å²) in [5.41, 5.74) is 0.368. The summed E-state index contributed by atoms with van der Waals surface area (Å²) >= 11 is 1.25. The van der Waals surface area contributed by atoms with E-state index in [0.29, 0.717) is 11.1 Å². The number of β-lactam (4-membered cyclic amide) rings is 1. The van der Waals surface area contributed by atoms with Gasteiger partial charge in [0.15, 0.2) is 0 Å². The van der Waals surface area contributed by atoms with Crippen molar-refractivity contribution in [2.24, 2.45) is 0 Å². The minimum Gasteiger partial charge on any atom is -0.477 e. The van der Waals surface area contributed by atoms with E-state index in [2.05, 4.69) is 5.32 Å². The van der Waals surface area contributed by atoms with Gasteiger partial charge in [-0.1, -0.05) is 12.1 Å². The molecule has 3 rings (SSSR count). The third-order valence-corrected chi connectivity index (χ3v) is 5.85. The van der Waals surface area contributed by atoms with E-state index in [0.717, 1.165) is 11.0 Å². The molecule has 2 aliphatic heterocycles. The number of nitro benzene ring substituents is 1. The van der Waals surface area contributed by atoms with Crippen molar-refractivity contribution >= 4 is 47.3 Å². The third kappa shape index (κ3) is 4.74. The van der Waals surface area contributed by atoms with E-state index in [1.807, 2.05) is 0 Å². The van der Waals surface area contributed by atoms with Gasteiger partial charge in [-0.3, -0.25) is 29.4 Å². The summed E-state index contributed by atoms with van der Waals surface area (Å²) in [6.07, 6.45) is 2.51. The number of hydrogen-bond donors (Lipinski definition) is 2. The number of thioether (sulfide) groups is 1. The fourth-order valence-corrected chi connectivity index (χ4v) is 4.43. The molecule has 2 heterocycles. The number of carbonyl (C=O) groups is 4. The smallest absolute Gasteiger partial charge is 0.352 e. The van der Waals surface area contributed by atoms with Crippen molar-refractivity contribution in [1.29, 1.82) is 0 Å². The van der Waals surface area contributed by atoms with Crippen LogP contribution >= 0.6 is 11.8 Å². The zero-order chi connectivity index (χ0) is 22.7. The minimum absolute atomic E-state index is 0.122. The van der Waals surface area contributed by atoms with Gasteiger partial charge < -0.3 is 15.2 Å². The van der Waals surface area contributed by atoms with Gasteiger partial charge in [0.1, 0.15) is 23.7 Å². The highest BCUT2D eigenvalue weighted by Gasteiger charge is 2.54. The molecule has 12 heteroatoms. The van der Waals surface area contributed by atoms with E-state index >= 15 is 0 Å². The molecule has 0 spiro atoms. The van der Waals surface area contributed by atoms with Crippen molar-refractivity contribution in [1.82, 2.24) is 10.2 Å². The van der Waals surface area contributed by atoms with E-state index in [-0.39, 0.29) is 23.7 Å². The van der Waals surface area contributed by atoms with Crippen LogP contribution in [-0.4, -0.2) is 62.5 Å². The van der Waals surface area contributed by atoms with Gasteiger partial charge in [0.2, 0.25) is 5.91 Å². The Morgan fingerprint density at radius 3 is 2.81 bits per heavy atom. The normalized spacial score (nSPS) is 20.2. The largest absolute Gasteiger partial charge is 0.477 e. The van der Waals surface area contributed by atoms with Crippen LogP contribution < -0.4 is 5.32 Å². The number of carboxylic acid groups (broad SMARTS) is 1. The van der Waals surface area contributed by atoms with Gasteiger partial charge in [-0.05, 0) is 11.6 Å². The highest BCUT2D eigenvalue weighted by molar-refractivity contribution is 8.00. The molecule has 0 bridgehead atoms. The number of rotatable bonds is 7. The Labute approximate surface area is 179 Å². The Morgan fingerprint density at radius 2 is 2.16 bits per heavy atom. The molecule has 2 aliphatic rings. The van der Waals surface area contributed by atoms with Crippen LogP contribution in [0.3, 0.4) is 0 Å². The van der Waals surface area contributed by atoms with Gasteiger partial charge in [0.25, 0.3) is 11.6 Å². The lowest BCUT2D eigenvalue weighted by Crippen LogP contribution is -2.70. The number of nitrogens with zero attached hydrogens (tertiary/aromatic N) is 2. The van der Waals surface area contributed by atoms with Gasteiger partial charge >= 0.3 is 11.9 Å². The minimum atomic E-state index is -1.32. The average Bonchev–Trinajstić information content (AvgIpc) is 2.73. The quantitative estimate of drug-likeness (QED) is 0.204. The van der Waals surface area contributed by atoms with E-state index in [1.165, 1.54) is 43.0 Å². The first-order valence-corrected chi connectivity index (χ1v) is 10.0. The molecule has 2 amide bonds. The van der Waals surface area contributed by atoms with Gasteiger partial charge in [-0.15, -0.1) is 11.8 Å². The molecule has 1 aromatic carbocycles. The molecule has 2 N–H and O–H groups in total. The molecule has 1 saturated heterocycles. The molecule has 0 unspecified atom stereocenters. The molecular formula is C19H17N3O8S. The molecule has 31 heavy (non-hydrogen) atoms. The molecule has 2 atom stereocenters. The van der Waals surface area contributed by atoms with Crippen LogP contribution in [0.2, 0.25) is 0 Å². The molecular weight excluding hydrogens is 430 g/mol. The van der Waals surface area contributed by atoms with E-state index < -0.39 is 40.1 Å². The van der Waals surface area contributed by atoms with Crippen LogP contribution in [0.4, 0.5) is 5.69 Å². The Bertz CT molecular complexity index is 1030. The molecule has 0 saturated carbocycles. The second-order valence-electron chi connectivity index (χ2n) is 6.62. The Morgan fingerprint density at radius 1 is 1.42 bits per heavy atom. The van der Waals surface area contributed by atoms with Gasteiger partial charge in [-0.25, -0.2) is 4.79 Å². The first kappa shape index (κ1) is 22.0. The predicted molar refractivity (Wildman–Crippen MR) is 108 cm³/mol. The summed E-state index contributed by atoms with van der Waals surface area (Å²) in [7, 11) is 0. The fourth-order valence-electron chi connectivity index (χ4n) is 3.10. The van der Waals surface area contributed by atoms with Crippen molar-refractivity contribution < 1.29 is 33.9 Å². The summed E-state index contributed by atoms with van der Waals surface area (Å²) < 4.78 is 4.86. The SMILES string of the molecule is CC(=O)OCC1=C(C(=O)O)N2C(=O)[C@@H](NC(=O)/C=C/c3cccc([N+](=O)[O-])c3)[C@H]2SC1. The van der Waals surface area contributed by atoms with Crippen molar-refractivity contribution in [3.63, 3.8) is 0 Å². The lowest BCUT2D eigenvalue weighted by molar-refractivity contribution is -0.384. The number of nitro groups is 1. The third-order valence-electron chi connectivity index (χ3n) is 4.51. The number of fused-ring (bicyclic) bond motifs is 1. The maximum atomic E-state index is 12.5. The molecule has 1 aromatic rings. The fraction of sp³-hybridized carbons (Fsp3) is 0.263. The first-order valence-electron chi connectivity index (χ1n) is 8.95. The number of non-ortho nitro benzene ring substituents is 1. The number of aliphatic carboxylic acids is 1. The Hall–Kier alpha value is -3.67. The average molecular weight is 447 g/mol. The lowest BCUT2D eigenvalue weighted by atomic mass is 10.0. The number of carbonyl (C=O) groups excluding carboxylic acids is 3. The number of benzene rings is 1. The predicted octanol–water partition coefficient (Wildman–Crippen LogP) is 0.910. The highest BCUT2D eigenvalue weighted by Crippen LogP contribution is 2.40. The maximum Gasteiger partial charge on any atom is 0.352 e. The molecule has 0 radical (unpaired) electrons. The van der Waals surface area contributed by atoms with Crippen LogP contribution in [0.5, 0.6) is 0 Å². The summed E-state index contributed by atoms with van der Waals surface area (Å²) in [4.78, 5) is 58.7. The standard InChI is InChI=1S/C19H17N3O8S/c1-10(23)30-8-12-9-31-18-15(17(25)21(18)16(12)19(26)27)20-14(24)6-5-11-3-2-4-13(7-11)22(28)29/h2-7,15,18H,8-9H2,1H3,(H,20,24)(H,26,27)/b6-5+/t15-,18-/m1/s1. The molecule has 0 aliphatic carbocycles. The topological polar surface area (TPSA) is 156 Å². The highest BCUT2D eigenvalue weighted by atomic mass is 32.2. The van der Waals surface area contributed by atoms with E-state index in [1.54, 1.807) is 6.07 Å². The van der Waals surface area contributed by atoms with Crippen molar-refractivity contribution in [2.75, 3.05) is 12.4 Å². The summed E-state index contributed by atoms with van der Waals surface area (Å²) in [5.74, 6) is -2.86. The second-order valence-corrected chi connectivity index (χ2v) is 7.72. The lowest BCUT2D eigenvalue weighted by Gasteiger charge is -2.49. The second kappa shape index (κ2) is 9.00. The summed E-state index contributed by atoms with van der Waals surface area (Å²) in [6, 6.07) is 4.76. The zero-order valence-electron chi connectivity index (χ0n) is 16.1. The van der Waals surface area contributed by atoms with Crippen LogP contribution in [0.15, 0.2) is 41.6 Å². The van der Waals surface area contributed by atoms with Crippen LogP contribution in [0.1, 0.15) is 12.5 Å². The monoisotopic (exact) mass is 447 g/mol. The number of amides is 2. The zero-order valence-corrected chi connectivity index (χ0v) is 17.0. The first-order chi connectivity index (χ1) is 14.7. The summed E-state index contributed by atoms with van der Waals surface area (Å²) in [5, 5.41) is 22.2. The van der Waals surface area contributed by atoms with Crippen molar-refractivity contribution in [2.45, 2.75) is 18.3 Å². The Kier molecular flexibility index (Phi) is 6.39. The molecule has 11 nitrogen and oxygen atoms in total. The van der Waals surface area contributed by atoms with E-state index in [9.17, 15) is 34.4 Å². The van der Waals surface area contributed by atoms with Crippen LogP contribution in [-0.2, 0) is 23.9 Å². The number of esters is 1. The van der Waals surface area contributed by atoms with Crippen molar-refractivity contribution in [3.05, 3.63) is 57.3 Å². The maximum absolute atomic E-state index is 12.5. The van der Waals surface area contributed by atoms with Crippen LogP contribution in [0.25, 0.3) is 6.08 Å². The number of hydrogen-bond acceptors (Lipinski definition) is 8. The Balaban J connectivity index is 1.67. The van der Waals surface area contributed by atoms with Crippen molar-refractivity contribution in [3.8, 4) is 0 Å². The number of ether oxygens (including phenoxy) is 1. The van der Waals surface area contributed by atoms with Gasteiger partial charge in [0, 0.05) is 36.5 Å². The van der Waals surface area contributed by atoms with Gasteiger partial charge in [-0.2, -0.15) is 0 Å². The number of carboxylic acids is 1. The summed E-state index contributed by atoms with van der Waals surface area (Å²) in [6.45, 7) is 0.963. The molecule has 0 aromatic heterocycles.